The van der Waals surface area contributed by atoms with Gasteiger partial charge >= 0.3 is 0 Å². The molecular formula is C18H20N2O3. The molecule has 120 valence electrons. The summed E-state index contributed by atoms with van der Waals surface area (Å²) in [7, 11) is 0. The molecule has 0 saturated carbocycles. The van der Waals surface area contributed by atoms with Gasteiger partial charge in [-0.2, -0.15) is 0 Å². The van der Waals surface area contributed by atoms with E-state index in [-0.39, 0.29) is 6.42 Å². The Bertz CT molecular complexity index is 678. The van der Waals surface area contributed by atoms with Gasteiger partial charge in [0, 0.05) is 11.4 Å². The van der Waals surface area contributed by atoms with Crippen LogP contribution in [-0.4, -0.2) is 23.0 Å². The van der Waals surface area contributed by atoms with Crippen molar-refractivity contribution in [3.05, 3.63) is 59.7 Å². The Labute approximate surface area is 135 Å². The number of carbonyl (C=O) groups is 2. The molecule has 0 radical (unpaired) electrons. The van der Waals surface area contributed by atoms with E-state index < -0.39 is 17.9 Å². The van der Waals surface area contributed by atoms with Crippen molar-refractivity contribution in [2.75, 3.05) is 10.6 Å². The summed E-state index contributed by atoms with van der Waals surface area (Å²) in [5.41, 5.74) is 3.37. The van der Waals surface area contributed by atoms with Crippen molar-refractivity contribution in [3.8, 4) is 0 Å². The number of benzene rings is 2. The molecule has 0 spiro atoms. The highest BCUT2D eigenvalue weighted by Gasteiger charge is 2.19. The lowest BCUT2D eigenvalue weighted by Crippen LogP contribution is -2.31. The number of rotatable bonds is 5. The minimum atomic E-state index is -1.40. The van der Waals surface area contributed by atoms with Gasteiger partial charge in [0.1, 0.15) is 6.10 Å². The van der Waals surface area contributed by atoms with Crippen LogP contribution < -0.4 is 10.6 Å². The lowest BCUT2D eigenvalue weighted by molar-refractivity contribution is -0.128. The molecule has 0 heterocycles. The molecular weight excluding hydrogens is 292 g/mol. The van der Waals surface area contributed by atoms with Crippen molar-refractivity contribution in [1.29, 1.82) is 0 Å². The van der Waals surface area contributed by atoms with E-state index in [1.54, 1.807) is 24.3 Å². The zero-order valence-electron chi connectivity index (χ0n) is 13.2. The molecule has 2 aromatic carbocycles. The molecule has 2 aromatic rings. The molecule has 5 heteroatoms. The average molecular weight is 312 g/mol. The molecule has 0 unspecified atom stereocenters. The zero-order valence-corrected chi connectivity index (χ0v) is 13.2. The number of hydrogen-bond donors (Lipinski definition) is 3. The number of aliphatic hydroxyl groups is 1. The third-order valence-corrected chi connectivity index (χ3v) is 3.34. The fraction of sp³-hybridized carbons (Fsp3) is 0.222. The van der Waals surface area contributed by atoms with Crippen LogP contribution in [-0.2, 0) is 9.59 Å². The first-order valence-electron chi connectivity index (χ1n) is 7.36. The Morgan fingerprint density at radius 2 is 1.30 bits per heavy atom. The van der Waals surface area contributed by atoms with Crippen LogP contribution in [0.3, 0.4) is 0 Å². The van der Waals surface area contributed by atoms with Gasteiger partial charge in [-0.05, 0) is 38.1 Å². The van der Waals surface area contributed by atoms with E-state index in [4.69, 9.17) is 0 Å². The predicted octanol–water partition coefficient (Wildman–Crippen LogP) is 2.63. The zero-order chi connectivity index (χ0) is 16.8. The molecule has 3 N–H and O–H groups in total. The first kappa shape index (κ1) is 16.7. The number of anilines is 2. The lowest BCUT2D eigenvalue weighted by Gasteiger charge is -2.12. The Morgan fingerprint density at radius 1 is 0.870 bits per heavy atom. The smallest absolute Gasteiger partial charge is 0.253 e. The van der Waals surface area contributed by atoms with E-state index in [1.165, 1.54) is 0 Å². The molecule has 23 heavy (non-hydrogen) atoms. The van der Waals surface area contributed by atoms with Gasteiger partial charge < -0.3 is 15.7 Å². The third-order valence-electron chi connectivity index (χ3n) is 3.34. The largest absolute Gasteiger partial charge is 0.383 e. The Hall–Kier alpha value is -2.66. The number of nitrogens with one attached hydrogen (secondary N) is 2. The van der Waals surface area contributed by atoms with Crippen molar-refractivity contribution in [3.63, 3.8) is 0 Å². The molecule has 0 aromatic heterocycles. The molecule has 0 aliphatic heterocycles. The van der Waals surface area contributed by atoms with Gasteiger partial charge in [0.2, 0.25) is 5.91 Å². The first-order valence-corrected chi connectivity index (χ1v) is 7.36. The normalized spacial score (nSPS) is 11.6. The summed E-state index contributed by atoms with van der Waals surface area (Å²) in [4.78, 5) is 23.7. The fourth-order valence-corrected chi connectivity index (χ4v) is 1.98. The molecule has 2 rings (SSSR count). The summed E-state index contributed by atoms with van der Waals surface area (Å²) in [5, 5.41) is 15.1. The summed E-state index contributed by atoms with van der Waals surface area (Å²) >= 11 is 0. The highest BCUT2D eigenvalue weighted by Crippen LogP contribution is 2.11. The van der Waals surface area contributed by atoms with Gasteiger partial charge in [0.25, 0.3) is 5.91 Å². The Morgan fingerprint density at radius 3 is 1.78 bits per heavy atom. The van der Waals surface area contributed by atoms with Crippen molar-refractivity contribution >= 4 is 23.2 Å². The van der Waals surface area contributed by atoms with Crippen molar-refractivity contribution < 1.29 is 14.7 Å². The van der Waals surface area contributed by atoms with E-state index in [0.29, 0.717) is 11.4 Å². The number of hydrogen-bond acceptors (Lipinski definition) is 3. The third kappa shape index (κ3) is 5.23. The van der Waals surface area contributed by atoms with Crippen LogP contribution in [0.25, 0.3) is 0 Å². The number of aliphatic hydroxyl groups excluding tert-OH is 1. The molecule has 0 aliphatic carbocycles. The van der Waals surface area contributed by atoms with E-state index in [2.05, 4.69) is 10.6 Å². The average Bonchev–Trinajstić information content (AvgIpc) is 2.51. The van der Waals surface area contributed by atoms with Gasteiger partial charge in [-0.25, -0.2) is 0 Å². The second-order valence-corrected chi connectivity index (χ2v) is 5.49. The van der Waals surface area contributed by atoms with Crippen molar-refractivity contribution in [2.24, 2.45) is 0 Å². The molecule has 0 saturated heterocycles. The molecule has 0 aliphatic rings. The van der Waals surface area contributed by atoms with Crippen molar-refractivity contribution in [2.45, 2.75) is 26.4 Å². The Balaban J connectivity index is 1.86. The van der Waals surface area contributed by atoms with E-state index >= 15 is 0 Å². The quantitative estimate of drug-likeness (QED) is 0.794. The standard InChI is InChI=1S/C18H20N2O3/c1-12-3-7-14(8-4-12)19-17(22)11-16(21)18(23)20-15-9-5-13(2)6-10-15/h3-10,16,21H,11H2,1-2H3,(H,19,22)(H,20,23)/t16-/m0/s1. The highest BCUT2D eigenvalue weighted by atomic mass is 16.3. The number of amides is 2. The topological polar surface area (TPSA) is 78.4 Å². The SMILES string of the molecule is Cc1ccc(NC(=O)C[C@H](O)C(=O)Nc2ccc(C)cc2)cc1. The van der Waals surface area contributed by atoms with Crippen LogP contribution >= 0.6 is 0 Å². The summed E-state index contributed by atoms with van der Waals surface area (Å²) in [6.07, 6.45) is -1.70. The van der Waals surface area contributed by atoms with Crippen LogP contribution in [0.1, 0.15) is 17.5 Å². The summed E-state index contributed by atoms with van der Waals surface area (Å²) in [5.74, 6) is -1.02. The maximum atomic E-state index is 11.9. The molecule has 1 atom stereocenters. The molecule has 2 amide bonds. The second kappa shape index (κ2) is 7.56. The number of carbonyl (C=O) groups excluding carboxylic acids is 2. The van der Waals surface area contributed by atoms with Crippen LogP contribution in [0, 0.1) is 13.8 Å². The summed E-state index contributed by atoms with van der Waals surface area (Å²) < 4.78 is 0. The minimum Gasteiger partial charge on any atom is -0.383 e. The van der Waals surface area contributed by atoms with E-state index in [9.17, 15) is 14.7 Å². The van der Waals surface area contributed by atoms with Crippen LogP contribution in [0.2, 0.25) is 0 Å². The predicted molar refractivity (Wildman–Crippen MR) is 90.2 cm³/mol. The summed E-state index contributed by atoms with van der Waals surface area (Å²) in [6, 6.07) is 14.5. The first-order chi connectivity index (χ1) is 10.9. The highest BCUT2D eigenvalue weighted by molar-refractivity contribution is 5.99. The fourth-order valence-electron chi connectivity index (χ4n) is 1.98. The van der Waals surface area contributed by atoms with Crippen LogP contribution in [0.4, 0.5) is 11.4 Å². The van der Waals surface area contributed by atoms with E-state index in [0.717, 1.165) is 11.1 Å². The molecule has 0 fully saturated rings. The molecule has 5 nitrogen and oxygen atoms in total. The van der Waals surface area contributed by atoms with Gasteiger partial charge in [-0.15, -0.1) is 0 Å². The van der Waals surface area contributed by atoms with Gasteiger partial charge in [-0.1, -0.05) is 35.4 Å². The van der Waals surface area contributed by atoms with E-state index in [1.807, 2.05) is 38.1 Å². The lowest BCUT2D eigenvalue weighted by atomic mass is 10.2. The maximum Gasteiger partial charge on any atom is 0.253 e. The molecule has 0 bridgehead atoms. The minimum absolute atomic E-state index is 0.300. The van der Waals surface area contributed by atoms with Gasteiger partial charge in [-0.3, -0.25) is 9.59 Å². The number of aryl methyl sites for hydroxylation is 2. The van der Waals surface area contributed by atoms with Gasteiger partial charge in [0.15, 0.2) is 0 Å². The van der Waals surface area contributed by atoms with Crippen LogP contribution in [0.15, 0.2) is 48.5 Å². The summed E-state index contributed by atoms with van der Waals surface area (Å²) in [6.45, 7) is 3.89. The van der Waals surface area contributed by atoms with Gasteiger partial charge in [0.05, 0.1) is 6.42 Å². The second-order valence-electron chi connectivity index (χ2n) is 5.49. The van der Waals surface area contributed by atoms with Crippen LogP contribution in [0.5, 0.6) is 0 Å². The van der Waals surface area contributed by atoms with Crippen molar-refractivity contribution in [1.82, 2.24) is 0 Å². The maximum absolute atomic E-state index is 11.9. The Kier molecular flexibility index (Phi) is 5.49. The monoisotopic (exact) mass is 312 g/mol.